The summed E-state index contributed by atoms with van der Waals surface area (Å²) in [5.41, 5.74) is 0. The van der Waals surface area contributed by atoms with E-state index in [4.69, 9.17) is 9.47 Å². The van der Waals surface area contributed by atoms with Crippen LogP contribution in [0.3, 0.4) is 0 Å². The first-order valence-electron chi connectivity index (χ1n) is 5.83. The highest BCUT2D eigenvalue weighted by Crippen LogP contribution is 2.22. The van der Waals surface area contributed by atoms with Gasteiger partial charge in [-0.15, -0.1) is 0 Å². The highest BCUT2D eigenvalue weighted by atomic mass is 16.5. The van der Waals surface area contributed by atoms with E-state index in [2.05, 4.69) is 12.2 Å². The summed E-state index contributed by atoms with van der Waals surface area (Å²) in [6.07, 6.45) is 2.65. The lowest BCUT2D eigenvalue weighted by atomic mass is 10.1. The summed E-state index contributed by atoms with van der Waals surface area (Å²) >= 11 is 0. The van der Waals surface area contributed by atoms with Gasteiger partial charge in [0.25, 0.3) is 0 Å². The summed E-state index contributed by atoms with van der Waals surface area (Å²) in [6, 6.07) is 8.24. The minimum Gasteiger partial charge on any atom is -0.497 e. The minimum absolute atomic E-state index is 0.203. The van der Waals surface area contributed by atoms with Crippen molar-refractivity contribution in [1.82, 2.24) is 5.32 Å². The Morgan fingerprint density at radius 1 is 1.38 bits per heavy atom. The monoisotopic (exact) mass is 221 g/mol. The molecule has 2 rings (SSSR count). The molecule has 1 N–H and O–H groups in total. The Hall–Kier alpha value is -1.22. The molecule has 3 nitrogen and oxygen atoms in total. The highest BCUT2D eigenvalue weighted by molar-refractivity contribution is 5.33. The van der Waals surface area contributed by atoms with Gasteiger partial charge < -0.3 is 14.8 Å². The topological polar surface area (TPSA) is 30.5 Å². The second kappa shape index (κ2) is 5.21. The molecule has 0 bridgehead atoms. The van der Waals surface area contributed by atoms with Gasteiger partial charge in [-0.05, 0) is 38.4 Å². The Bertz CT molecular complexity index is 334. The van der Waals surface area contributed by atoms with Crippen molar-refractivity contribution in [3.8, 4) is 11.5 Å². The lowest BCUT2D eigenvalue weighted by molar-refractivity contribution is 0.179. The average molecular weight is 221 g/mol. The van der Waals surface area contributed by atoms with Gasteiger partial charge in [-0.2, -0.15) is 0 Å². The van der Waals surface area contributed by atoms with Gasteiger partial charge >= 0.3 is 0 Å². The van der Waals surface area contributed by atoms with Gasteiger partial charge in [0.15, 0.2) is 0 Å². The maximum absolute atomic E-state index is 5.90. The van der Waals surface area contributed by atoms with E-state index in [9.17, 15) is 0 Å². The molecule has 16 heavy (non-hydrogen) atoms. The van der Waals surface area contributed by atoms with Crippen LogP contribution in [-0.2, 0) is 0 Å². The van der Waals surface area contributed by atoms with E-state index in [1.807, 2.05) is 24.3 Å². The van der Waals surface area contributed by atoms with Crippen LogP contribution in [0.4, 0.5) is 0 Å². The summed E-state index contributed by atoms with van der Waals surface area (Å²) in [7, 11) is 1.67. The van der Waals surface area contributed by atoms with Gasteiger partial charge in [-0.25, -0.2) is 0 Å². The van der Waals surface area contributed by atoms with Gasteiger partial charge in [0.05, 0.1) is 7.11 Å². The summed E-state index contributed by atoms with van der Waals surface area (Å²) in [6.45, 7) is 3.22. The van der Waals surface area contributed by atoms with Crippen LogP contribution >= 0.6 is 0 Å². The van der Waals surface area contributed by atoms with Crippen LogP contribution in [0.5, 0.6) is 11.5 Å². The summed E-state index contributed by atoms with van der Waals surface area (Å²) in [5.74, 6) is 1.71. The van der Waals surface area contributed by atoms with Crippen LogP contribution in [-0.4, -0.2) is 25.8 Å². The molecule has 2 unspecified atom stereocenters. The molecule has 1 heterocycles. The lowest BCUT2D eigenvalue weighted by Crippen LogP contribution is -2.36. The minimum atomic E-state index is 0.203. The molecule has 1 aromatic rings. The van der Waals surface area contributed by atoms with E-state index >= 15 is 0 Å². The van der Waals surface area contributed by atoms with E-state index in [-0.39, 0.29) is 6.10 Å². The van der Waals surface area contributed by atoms with E-state index in [0.717, 1.165) is 18.0 Å². The number of rotatable bonds is 4. The maximum atomic E-state index is 5.90. The van der Waals surface area contributed by atoms with Crippen LogP contribution in [0.15, 0.2) is 24.3 Å². The van der Waals surface area contributed by atoms with Crippen molar-refractivity contribution in [2.24, 2.45) is 0 Å². The molecule has 0 spiro atoms. The fourth-order valence-corrected chi connectivity index (χ4v) is 2.08. The lowest BCUT2D eigenvalue weighted by Gasteiger charge is -2.21. The number of benzene rings is 1. The molecule has 2 atom stereocenters. The standard InChI is InChI=1S/C13H19NO2/c1-10(13-7-4-8-14-13)16-12-6-3-5-11(9-12)15-2/h3,5-6,9-10,13-14H,4,7-8H2,1-2H3. The van der Waals surface area contributed by atoms with Gasteiger partial charge in [0.2, 0.25) is 0 Å². The van der Waals surface area contributed by atoms with Gasteiger partial charge in [0.1, 0.15) is 17.6 Å². The Labute approximate surface area is 96.8 Å². The third kappa shape index (κ3) is 2.67. The summed E-state index contributed by atoms with van der Waals surface area (Å²) < 4.78 is 11.1. The zero-order valence-corrected chi connectivity index (χ0v) is 9.90. The molecule has 0 amide bonds. The molecule has 3 heteroatoms. The van der Waals surface area contributed by atoms with Crippen molar-refractivity contribution in [2.75, 3.05) is 13.7 Å². The molecule has 0 saturated carbocycles. The van der Waals surface area contributed by atoms with Crippen LogP contribution in [0.25, 0.3) is 0 Å². The second-order valence-corrected chi connectivity index (χ2v) is 4.20. The number of hydrogen-bond donors (Lipinski definition) is 1. The predicted octanol–water partition coefficient (Wildman–Crippen LogP) is 2.21. The predicted molar refractivity (Wildman–Crippen MR) is 64.1 cm³/mol. The van der Waals surface area contributed by atoms with Crippen LogP contribution < -0.4 is 14.8 Å². The Balaban J connectivity index is 1.96. The fourth-order valence-electron chi connectivity index (χ4n) is 2.08. The fraction of sp³-hybridized carbons (Fsp3) is 0.538. The molecule has 1 fully saturated rings. The third-order valence-electron chi connectivity index (χ3n) is 3.03. The van der Waals surface area contributed by atoms with Crippen molar-refractivity contribution in [1.29, 1.82) is 0 Å². The molecular weight excluding hydrogens is 202 g/mol. The zero-order valence-electron chi connectivity index (χ0n) is 9.90. The van der Waals surface area contributed by atoms with Crippen molar-refractivity contribution >= 4 is 0 Å². The number of nitrogens with one attached hydrogen (secondary N) is 1. The van der Waals surface area contributed by atoms with E-state index in [1.54, 1.807) is 7.11 Å². The Morgan fingerprint density at radius 3 is 2.88 bits per heavy atom. The molecular formula is C13H19NO2. The molecule has 1 aromatic carbocycles. The molecule has 1 saturated heterocycles. The largest absolute Gasteiger partial charge is 0.497 e. The quantitative estimate of drug-likeness (QED) is 0.845. The first-order valence-corrected chi connectivity index (χ1v) is 5.83. The van der Waals surface area contributed by atoms with Crippen LogP contribution in [0.1, 0.15) is 19.8 Å². The summed E-state index contributed by atoms with van der Waals surface area (Å²) in [4.78, 5) is 0. The first kappa shape index (κ1) is 11.3. The van der Waals surface area contributed by atoms with Crippen molar-refractivity contribution < 1.29 is 9.47 Å². The third-order valence-corrected chi connectivity index (χ3v) is 3.03. The summed E-state index contributed by atoms with van der Waals surface area (Å²) in [5, 5.41) is 3.45. The van der Waals surface area contributed by atoms with Gasteiger partial charge in [0, 0.05) is 12.1 Å². The normalized spacial score (nSPS) is 21.8. The Kier molecular flexibility index (Phi) is 3.67. The second-order valence-electron chi connectivity index (χ2n) is 4.20. The van der Waals surface area contributed by atoms with Gasteiger partial charge in [-0.3, -0.25) is 0 Å². The van der Waals surface area contributed by atoms with Crippen molar-refractivity contribution in [2.45, 2.75) is 31.9 Å². The van der Waals surface area contributed by atoms with E-state index < -0.39 is 0 Å². The Morgan fingerprint density at radius 2 is 2.19 bits per heavy atom. The molecule has 1 aliphatic heterocycles. The maximum Gasteiger partial charge on any atom is 0.123 e. The molecule has 0 radical (unpaired) electrons. The molecule has 0 aliphatic carbocycles. The molecule has 1 aliphatic rings. The van der Waals surface area contributed by atoms with Gasteiger partial charge in [-0.1, -0.05) is 6.07 Å². The molecule has 88 valence electrons. The zero-order chi connectivity index (χ0) is 11.4. The van der Waals surface area contributed by atoms with Crippen molar-refractivity contribution in [3.05, 3.63) is 24.3 Å². The average Bonchev–Trinajstić information content (AvgIpc) is 2.83. The van der Waals surface area contributed by atoms with E-state index in [0.29, 0.717) is 6.04 Å². The number of hydrogen-bond acceptors (Lipinski definition) is 3. The van der Waals surface area contributed by atoms with E-state index in [1.165, 1.54) is 12.8 Å². The number of ether oxygens (including phenoxy) is 2. The smallest absolute Gasteiger partial charge is 0.123 e. The van der Waals surface area contributed by atoms with Crippen LogP contribution in [0, 0.1) is 0 Å². The number of methoxy groups -OCH3 is 1. The highest BCUT2D eigenvalue weighted by Gasteiger charge is 2.22. The SMILES string of the molecule is COc1cccc(OC(C)C2CCCN2)c1. The van der Waals surface area contributed by atoms with Crippen LogP contribution in [0.2, 0.25) is 0 Å². The first-order chi connectivity index (χ1) is 7.79. The molecule has 0 aromatic heterocycles. The van der Waals surface area contributed by atoms with Crippen molar-refractivity contribution in [3.63, 3.8) is 0 Å².